The van der Waals surface area contributed by atoms with Gasteiger partial charge in [0.1, 0.15) is 0 Å². The summed E-state index contributed by atoms with van der Waals surface area (Å²) < 4.78 is 0. The van der Waals surface area contributed by atoms with E-state index >= 15 is 0 Å². The van der Waals surface area contributed by atoms with Crippen molar-refractivity contribution in [2.45, 2.75) is 0 Å². The first-order valence-electron chi connectivity index (χ1n) is 5.54. The van der Waals surface area contributed by atoms with Crippen molar-refractivity contribution in [2.75, 3.05) is 0 Å². The molecule has 0 aromatic heterocycles. The molecule has 0 amide bonds. The van der Waals surface area contributed by atoms with Crippen LogP contribution in [0, 0.1) is 0 Å². The van der Waals surface area contributed by atoms with Crippen molar-refractivity contribution in [3.8, 4) is 0 Å². The van der Waals surface area contributed by atoms with Gasteiger partial charge in [-0.2, -0.15) is 0 Å². The summed E-state index contributed by atoms with van der Waals surface area (Å²) in [5, 5.41) is 3.39. The molecule has 0 aliphatic carbocycles. The maximum atomic E-state index is 5.59. The highest BCUT2D eigenvalue weighted by Crippen LogP contribution is 2.10. The maximum absolute atomic E-state index is 5.59. The van der Waals surface area contributed by atoms with Gasteiger partial charge in [0, 0.05) is 11.1 Å². The van der Waals surface area contributed by atoms with E-state index in [0.29, 0.717) is 0 Å². The quantitative estimate of drug-likeness (QED) is 0.361. The van der Waals surface area contributed by atoms with Gasteiger partial charge in [-0.15, -0.1) is 5.10 Å². The summed E-state index contributed by atoms with van der Waals surface area (Å²) in [5.74, 6) is 5.19. The van der Waals surface area contributed by atoms with E-state index in [9.17, 15) is 0 Å². The lowest BCUT2D eigenvalue weighted by Gasteiger charge is -2.06. The number of aliphatic imine (C=N–C) groups is 1. The molecular formula is C14H14N4. The van der Waals surface area contributed by atoms with Gasteiger partial charge in [-0.25, -0.2) is 4.99 Å². The summed E-state index contributed by atoms with van der Waals surface area (Å²) in [7, 11) is 0. The molecule has 0 spiro atoms. The largest absolute Gasteiger partial charge is 0.367 e. The maximum Gasteiger partial charge on any atom is 0.237 e. The fraction of sp³-hybridized carbons (Fsp3) is 0. The van der Waals surface area contributed by atoms with Crippen molar-refractivity contribution in [3.05, 3.63) is 71.8 Å². The Morgan fingerprint density at radius 2 is 1.22 bits per heavy atom. The predicted molar refractivity (Wildman–Crippen MR) is 74.3 cm³/mol. The molecule has 0 aliphatic rings. The minimum atomic E-state index is 0.0534. The molecule has 0 radical (unpaired) electrons. The first-order chi connectivity index (χ1) is 8.81. The lowest BCUT2D eigenvalue weighted by atomic mass is 10.0. The molecule has 0 heterocycles. The molecule has 0 fully saturated rings. The topological polar surface area (TPSA) is 76.8 Å². The molecule has 4 heteroatoms. The van der Waals surface area contributed by atoms with Crippen LogP contribution in [-0.2, 0) is 0 Å². The third kappa shape index (κ3) is 2.74. The zero-order valence-corrected chi connectivity index (χ0v) is 9.82. The van der Waals surface area contributed by atoms with Crippen LogP contribution in [0.3, 0.4) is 0 Å². The van der Waals surface area contributed by atoms with Crippen LogP contribution in [0.15, 0.2) is 70.8 Å². The number of benzene rings is 2. The van der Waals surface area contributed by atoms with Gasteiger partial charge < -0.3 is 11.6 Å². The zero-order valence-electron chi connectivity index (χ0n) is 9.82. The highest BCUT2D eigenvalue weighted by atomic mass is 15.2. The summed E-state index contributed by atoms with van der Waals surface area (Å²) in [6.45, 7) is 0. The minimum Gasteiger partial charge on any atom is -0.367 e. The van der Waals surface area contributed by atoms with Crippen LogP contribution < -0.4 is 11.6 Å². The van der Waals surface area contributed by atoms with Gasteiger partial charge in [-0.1, -0.05) is 60.7 Å². The Balaban J connectivity index is 2.52. The van der Waals surface area contributed by atoms with E-state index in [1.165, 1.54) is 0 Å². The molecule has 0 bridgehead atoms. The van der Waals surface area contributed by atoms with Gasteiger partial charge in [0.15, 0.2) is 0 Å². The molecule has 0 saturated carbocycles. The van der Waals surface area contributed by atoms with E-state index < -0.39 is 0 Å². The van der Waals surface area contributed by atoms with E-state index in [-0.39, 0.29) is 5.96 Å². The van der Waals surface area contributed by atoms with Gasteiger partial charge in [0.2, 0.25) is 5.96 Å². The van der Waals surface area contributed by atoms with Crippen molar-refractivity contribution in [1.82, 2.24) is 0 Å². The standard InChI is InChI=1S/C14H14N4/c15-14(18-16)17-13(11-7-3-1-4-8-11)12-9-5-2-6-10-12/h1-10H,16H2,(H2,15,18). The molecule has 2 aromatic carbocycles. The molecule has 2 aromatic rings. The normalized spacial score (nSPS) is 11.0. The smallest absolute Gasteiger partial charge is 0.237 e. The first kappa shape index (κ1) is 11.9. The van der Waals surface area contributed by atoms with E-state index in [0.717, 1.165) is 16.8 Å². The summed E-state index contributed by atoms with van der Waals surface area (Å²) in [6.07, 6.45) is 0. The fourth-order valence-electron chi connectivity index (χ4n) is 1.63. The average molecular weight is 238 g/mol. The number of rotatable bonds is 2. The van der Waals surface area contributed by atoms with Crippen LogP contribution >= 0.6 is 0 Å². The average Bonchev–Trinajstić information content (AvgIpc) is 2.46. The lowest BCUT2D eigenvalue weighted by Crippen LogP contribution is -2.15. The van der Waals surface area contributed by atoms with Gasteiger partial charge in [-0.05, 0) is 0 Å². The Morgan fingerprint density at radius 3 is 1.61 bits per heavy atom. The second kappa shape index (κ2) is 5.63. The molecule has 18 heavy (non-hydrogen) atoms. The summed E-state index contributed by atoms with van der Waals surface area (Å²) >= 11 is 0. The monoisotopic (exact) mass is 238 g/mol. The third-order valence-electron chi connectivity index (χ3n) is 2.45. The Hall–Kier alpha value is -2.62. The summed E-state index contributed by atoms with van der Waals surface area (Å²) in [6, 6.07) is 19.6. The van der Waals surface area contributed by atoms with Crippen molar-refractivity contribution >= 4 is 11.7 Å². The number of hydrazone groups is 1. The fourth-order valence-corrected chi connectivity index (χ4v) is 1.63. The molecule has 0 atom stereocenters. The van der Waals surface area contributed by atoms with Crippen molar-refractivity contribution in [2.24, 2.45) is 21.7 Å². The highest BCUT2D eigenvalue weighted by Gasteiger charge is 2.06. The minimum absolute atomic E-state index is 0.0534. The van der Waals surface area contributed by atoms with Gasteiger partial charge in [-0.3, -0.25) is 0 Å². The molecule has 0 saturated heterocycles. The van der Waals surface area contributed by atoms with E-state index in [4.69, 9.17) is 11.6 Å². The van der Waals surface area contributed by atoms with Gasteiger partial charge in [0.05, 0.1) is 5.71 Å². The third-order valence-corrected chi connectivity index (χ3v) is 2.45. The Labute approximate surface area is 106 Å². The first-order valence-corrected chi connectivity index (χ1v) is 5.54. The molecule has 4 nitrogen and oxygen atoms in total. The predicted octanol–water partition coefficient (Wildman–Crippen LogP) is 1.71. The van der Waals surface area contributed by atoms with Crippen LogP contribution in [-0.4, -0.2) is 11.7 Å². The van der Waals surface area contributed by atoms with Crippen LogP contribution in [0.5, 0.6) is 0 Å². The molecule has 2 rings (SSSR count). The molecular weight excluding hydrogens is 224 g/mol. The van der Waals surface area contributed by atoms with Crippen LogP contribution in [0.4, 0.5) is 0 Å². The Morgan fingerprint density at radius 1 is 0.778 bits per heavy atom. The van der Waals surface area contributed by atoms with E-state index in [1.807, 2.05) is 60.7 Å². The number of nitrogens with zero attached hydrogens (tertiary/aromatic N) is 2. The zero-order chi connectivity index (χ0) is 12.8. The number of hydrogen-bond acceptors (Lipinski definition) is 2. The lowest BCUT2D eigenvalue weighted by molar-refractivity contribution is 1.21. The summed E-state index contributed by atoms with van der Waals surface area (Å²) in [5.41, 5.74) is 8.27. The second-order valence-corrected chi connectivity index (χ2v) is 3.68. The molecule has 0 unspecified atom stereocenters. The van der Waals surface area contributed by atoms with Gasteiger partial charge >= 0.3 is 0 Å². The highest BCUT2D eigenvalue weighted by molar-refractivity contribution is 6.16. The van der Waals surface area contributed by atoms with Crippen LogP contribution in [0.2, 0.25) is 0 Å². The second-order valence-electron chi connectivity index (χ2n) is 3.68. The molecule has 90 valence electrons. The molecule has 4 N–H and O–H groups in total. The van der Waals surface area contributed by atoms with Crippen LogP contribution in [0.1, 0.15) is 11.1 Å². The van der Waals surface area contributed by atoms with Crippen LogP contribution in [0.25, 0.3) is 0 Å². The number of guanidine groups is 1. The number of nitrogens with two attached hydrogens (primary N) is 2. The van der Waals surface area contributed by atoms with E-state index in [1.54, 1.807) is 0 Å². The summed E-state index contributed by atoms with van der Waals surface area (Å²) in [4.78, 5) is 4.25. The van der Waals surface area contributed by atoms with E-state index in [2.05, 4.69) is 10.1 Å². The molecule has 0 aliphatic heterocycles. The van der Waals surface area contributed by atoms with Crippen molar-refractivity contribution in [1.29, 1.82) is 0 Å². The Bertz CT molecular complexity index is 517. The number of hydrogen-bond donors (Lipinski definition) is 2. The van der Waals surface area contributed by atoms with Crippen molar-refractivity contribution < 1.29 is 0 Å². The van der Waals surface area contributed by atoms with Gasteiger partial charge in [0.25, 0.3) is 0 Å². The SMILES string of the molecule is NN=C(N)N=C(c1ccccc1)c1ccccc1. The van der Waals surface area contributed by atoms with Crippen molar-refractivity contribution in [3.63, 3.8) is 0 Å². The Kier molecular flexibility index (Phi) is 3.71.